The Bertz CT molecular complexity index is 1290. The highest BCUT2D eigenvalue weighted by molar-refractivity contribution is 5.96. The van der Waals surface area contributed by atoms with E-state index in [9.17, 15) is 5.11 Å². The number of pyridine rings is 2. The largest absolute Gasteiger partial charge is 0.390 e. The summed E-state index contributed by atoms with van der Waals surface area (Å²) in [4.78, 5) is 14.4. The first-order chi connectivity index (χ1) is 17.2. The summed E-state index contributed by atoms with van der Waals surface area (Å²) < 4.78 is 1.86. The number of likely N-dealkylation sites (N-methyl/N-ethyl adjacent to an activating group) is 1. The number of nitrogens with zero attached hydrogens (tertiary/aromatic N) is 6. The van der Waals surface area contributed by atoms with Crippen molar-refractivity contribution in [3.8, 4) is 17.1 Å². The maximum atomic E-state index is 9.59. The maximum absolute atomic E-state index is 9.59. The summed E-state index contributed by atoms with van der Waals surface area (Å²) in [6, 6.07) is 16.3. The molecular weight excluding hydrogens is 438 g/mol. The first kappa shape index (κ1) is 23.4. The Balaban J connectivity index is 1.62. The zero-order valence-electron chi connectivity index (χ0n) is 20.3. The minimum absolute atomic E-state index is 0.105. The molecule has 4 aromatic rings. The van der Waals surface area contributed by atoms with E-state index in [0.29, 0.717) is 18.1 Å². The zero-order chi connectivity index (χ0) is 24.2. The van der Waals surface area contributed by atoms with E-state index in [0.717, 1.165) is 73.3 Å². The summed E-state index contributed by atoms with van der Waals surface area (Å²) in [7, 11) is 2.17. The maximum Gasteiger partial charge on any atom is 0.154 e. The number of hydrogen-bond acceptors (Lipinski definition) is 7. The van der Waals surface area contributed by atoms with Crippen molar-refractivity contribution in [3.05, 3.63) is 66.1 Å². The molecule has 0 aliphatic carbocycles. The lowest BCUT2D eigenvalue weighted by molar-refractivity contribution is 0.276. The molecule has 8 heteroatoms. The topological polar surface area (TPSA) is 96.3 Å². The van der Waals surface area contributed by atoms with Crippen LogP contribution >= 0.6 is 0 Å². The third kappa shape index (κ3) is 5.05. The third-order valence-corrected chi connectivity index (χ3v) is 6.67. The Morgan fingerprint density at radius 1 is 0.943 bits per heavy atom. The highest BCUT2D eigenvalue weighted by Gasteiger charge is 2.20. The van der Waals surface area contributed by atoms with Gasteiger partial charge in [0.1, 0.15) is 0 Å². The smallest absolute Gasteiger partial charge is 0.154 e. The predicted octanol–water partition coefficient (Wildman–Crippen LogP) is 3.01. The SMILES string of the molecule is CN1CCN(c2cc(-c3cccc(CCCCN)n3)cc3c2cnn3-c2cccc(CO)n2)CC1. The summed E-state index contributed by atoms with van der Waals surface area (Å²) in [6.45, 7) is 4.58. The fourth-order valence-electron chi connectivity index (χ4n) is 4.65. The fourth-order valence-corrected chi connectivity index (χ4v) is 4.65. The van der Waals surface area contributed by atoms with Crippen LogP contribution in [0.3, 0.4) is 0 Å². The van der Waals surface area contributed by atoms with Crippen molar-refractivity contribution in [2.75, 3.05) is 44.7 Å². The number of nitrogens with two attached hydrogens (primary N) is 1. The molecule has 0 atom stereocenters. The zero-order valence-corrected chi connectivity index (χ0v) is 20.3. The summed E-state index contributed by atoms with van der Waals surface area (Å²) in [6.07, 6.45) is 4.90. The van der Waals surface area contributed by atoms with Gasteiger partial charge in [0.25, 0.3) is 0 Å². The van der Waals surface area contributed by atoms with Crippen LogP contribution in [0.1, 0.15) is 24.2 Å². The van der Waals surface area contributed by atoms with Crippen molar-refractivity contribution in [2.45, 2.75) is 25.9 Å². The molecule has 0 amide bonds. The van der Waals surface area contributed by atoms with Gasteiger partial charge < -0.3 is 20.6 Å². The van der Waals surface area contributed by atoms with E-state index in [2.05, 4.69) is 52.2 Å². The number of benzene rings is 1. The molecule has 1 fully saturated rings. The molecule has 35 heavy (non-hydrogen) atoms. The quantitative estimate of drug-likeness (QED) is 0.381. The molecule has 5 rings (SSSR count). The molecule has 8 nitrogen and oxygen atoms in total. The third-order valence-electron chi connectivity index (χ3n) is 6.67. The summed E-state index contributed by atoms with van der Waals surface area (Å²) in [5.41, 5.74) is 11.6. The number of aliphatic hydroxyl groups excluding tert-OH is 1. The molecule has 182 valence electrons. The van der Waals surface area contributed by atoms with Gasteiger partial charge in [-0.1, -0.05) is 12.1 Å². The van der Waals surface area contributed by atoms with Gasteiger partial charge in [-0.25, -0.2) is 9.67 Å². The van der Waals surface area contributed by atoms with Crippen molar-refractivity contribution < 1.29 is 5.11 Å². The molecule has 0 spiro atoms. The molecular formula is C27H33N7O. The van der Waals surface area contributed by atoms with Gasteiger partial charge in [0, 0.05) is 48.5 Å². The van der Waals surface area contributed by atoms with Crippen LogP contribution < -0.4 is 10.6 Å². The van der Waals surface area contributed by atoms with Crippen LogP contribution in [0.15, 0.2) is 54.7 Å². The van der Waals surface area contributed by atoms with Gasteiger partial charge in [0.05, 0.1) is 29.7 Å². The second kappa shape index (κ2) is 10.5. The number of unbranched alkanes of at least 4 members (excludes halogenated alkanes) is 1. The van der Waals surface area contributed by atoms with Crippen molar-refractivity contribution in [1.29, 1.82) is 0 Å². The van der Waals surface area contributed by atoms with Crippen LogP contribution in [-0.4, -0.2) is 69.5 Å². The lowest BCUT2D eigenvalue weighted by Crippen LogP contribution is -2.44. The molecule has 0 saturated carbocycles. The minimum atomic E-state index is -0.105. The number of piperazine rings is 1. The van der Waals surface area contributed by atoms with Crippen LogP contribution in [0.2, 0.25) is 0 Å². The monoisotopic (exact) mass is 471 g/mol. The summed E-state index contributed by atoms with van der Waals surface area (Å²) in [5, 5.41) is 15.4. The molecule has 3 N–H and O–H groups in total. The molecule has 1 aromatic carbocycles. The van der Waals surface area contributed by atoms with E-state index in [1.807, 2.05) is 29.1 Å². The van der Waals surface area contributed by atoms with Crippen LogP contribution in [0.25, 0.3) is 28.0 Å². The van der Waals surface area contributed by atoms with E-state index in [1.54, 1.807) is 0 Å². The van der Waals surface area contributed by atoms with E-state index in [-0.39, 0.29) is 6.61 Å². The Kier molecular flexibility index (Phi) is 7.03. The van der Waals surface area contributed by atoms with Crippen LogP contribution in [-0.2, 0) is 13.0 Å². The van der Waals surface area contributed by atoms with Gasteiger partial charge in [0.15, 0.2) is 5.82 Å². The number of aliphatic hydroxyl groups is 1. The Morgan fingerprint density at radius 3 is 2.54 bits per heavy atom. The molecule has 0 bridgehead atoms. The summed E-state index contributed by atoms with van der Waals surface area (Å²) >= 11 is 0. The lowest BCUT2D eigenvalue weighted by Gasteiger charge is -2.34. The Hall–Kier alpha value is -3.33. The molecule has 0 radical (unpaired) electrons. The van der Waals surface area contributed by atoms with E-state index >= 15 is 0 Å². The van der Waals surface area contributed by atoms with Gasteiger partial charge in [-0.2, -0.15) is 5.10 Å². The van der Waals surface area contributed by atoms with E-state index in [4.69, 9.17) is 15.8 Å². The van der Waals surface area contributed by atoms with Crippen molar-refractivity contribution in [1.82, 2.24) is 24.6 Å². The van der Waals surface area contributed by atoms with Crippen molar-refractivity contribution in [3.63, 3.8) is 0 Å². The normalized spacial score (nSPS) is 14.7. The predicted molar refractivity (Wildman–Crippen MR) is 140 cm³/mol. The summed E-state index contributed by atoms with van der Waals surface area (Å²) in [5.74, 6) is 0.691. The Morgan fingerprint density at radius 2 is 1.74 bits per heavy atom. The number of hydrogen-bond donors (Lipinski definition) is 2. The van der Waals surface area contributed by atoms with Crippen molar-refractivity contribution in [2.24, 2.45) is 5.73 Å². The van der Waals surface area contributed by atoms with Crippen LogP contribution in [0.4, 0.5) is 5.69 Å². The van der Waals surface area contributed by atoms with Crippen LogP contribution in [0, 0.1) is 0 Å². The van der Waals surface area contributed by atoms with Gasteiger partial charge >= 0.3 is 0 Å². The molecule has 3 aromatic heterocycles. The number of rotatable bonds is 8. The minimum Gasteiger partial charge on any atom is -0.390 e. The fraction of sp³-hybridized carbons (Fsp3) is 0.370. The van der Waals surface area contributed by atoms with Gasteiger partial charge in [-0.3, -0.25) is 4.98 Å². The van der Waals surface area contributed by atoms with Crippen molar-refractivity contribution >= 4 is 16.6 Å². The second-order valence-electron chi connectivity index (χ2n) is 9.18. The number of anilines is 1. The molecule has 4 heterocycles. The van der Waals surface area contributed by atoms with Gasteiger partial charge in [-0.15, -0.1) is 0 Å². The van der Waals surface area contributed by atoms with Gasteiger partial charge in [0.2, 0.25) is 0 Å². The standard InChI is InChI=1S/C27H33N7O/c1-32-12-14-33(15-13-32)25-16-20(24-9-4-7-21(30-24)6-2-3-11-28)17-26-23(25)18-29-34(26)27-10-5-8-22(19-35)31-27/h4-5,7-10,16-18,35H,2-3,6,11-15,19,28H2,1H3. The highest BCUT2D eigenvalue weighted by atomic mass is 16.3. The second-order valence-corrected chi connectivity index (χ2v) is 9.18. The van der Waals surface area contributed by atoms with E-state index < -0.39 is 0 Å². The molecule has 1 aliphatic rings. The average molecular weight is 472 g/mol. The highest BCUT2D eigenvalue weighted by Crippen LogP contribution is 2.34. The first-order valence-electron chi connectivity index (χ1n) is 12.3. The number of fused-ring (bicyclic) bond motifs is 1. The van der Waals surface area contributed by atoms with E-state index in [1.165, 1.54) is 5.69 Å². The lowest BCUT2D eigenvalue weighted by atomic mass is 10.0. The average Bonchev–Trinajstić information content (AvgIpc) is 3.33. The Labute approximate surface area is 206 Å². The van der Waals surface area contributed by atoms with Crippen LogP contribution in [0.5, 0.6) is 0 Å². The molecule has 1 saturated heterocycles. The van der Waals surface area contributed by atoms with Gasteiger partial charge in [-0.05, 0) is 69.3 Å². The number of aromatic nitrogens is 4. The molecule has 0 unspecified atom stereocenters. The first-order valence-corrected chi connectivity index (χ1v) is 12.3. The molecule has 1 aliphatic heterocycles. The number of aryl methyl sites for hydroxylation is 1.